The van der Waals surface area contributed by atoms with E-state index in [9.17, 15) is 0 Å². The van der Waals surface area contributed by atoms with E-state index in [1.54, 1.807) is 0 Å². The fraction of sp³-hybridized carbons (Fsp3) is 0.350. The molecule has 2 aromatic carbocycles. The summed E-state index contributed by atoms with van der Waals surface area (Å²) in [5, 5.41) is 9.71. The fourth-order valence-corrected chi connectivity index (χ4v) is 3.41. The first kappa shape index (κ1) is 16.8. The smallest absolute Gasteiger partial charge is 0.0991 e. The van der Waals surface area contributed by atoms with Crippen LogP contribution in [0.5, 0.6) is 0 Å². The molecule has 0 bridgehead atoms. The van der Waals surface area contributed by atoms with E-state index in [2.05, 4.69) is 47.1 Å². The van der Waals surface area contributed by atoms with E-state index in [1.165, 1.54) is 11.3 Å². The number of rotatable bonds is 3. The third-order valence-corrected chi connectivity index (χ3v) is 5.04. The number of hydrogen-bond donors (Lipinski definition) is 0. The van der Waals surface area contributed by atoms with E-state index >= 15 is 0 Å². The standard InChI is InChI=1S/C20H22ClN3/c1-16(18-5-7-19(21)8-6-18)23-11-2-12-24(14-13-23)20-9-3-17(15-22)4-10-20/h3-10,16H,2,11-14H2,1H3. The van der Waals surface area contributed by atoms with E-state index in [0.717, 1.165) is 37.6 Å². The molecular formula is C20H22ClN3. The number of nitrogens with zero attached hydrogens (tertiary/aromatic N) is 3. The van der Waals surface area contributed by atoms with Gasteiger partial charge in [0, 0.05) is 42.9 Å². The highest BCUT2D eigenvalue weighted by Gasteiger charge is 2.20. The third kappa shape index (κ3) is 3.90. The normalized spacial score (nSPS) is 17.1. The average molecular weight is 340 g/mol. The Morgan fingerprint density at radius 3 is 2.33 bits per heavy atom. The lowest BCUT2D eigenvalue weighted by Gasteiger charge is -2.28. The van der Waals surface area contributed by atoms with Gasteiger partial charge in [-0.3, -0.25) is 4.90 Å². The molecule has 124 valence electrons. The molecule has 1 fully saturated rings. The zero-order chi connectivity index (χ0) is 16.9. The van der Waals surface area contributed by atoms with Crippen LogP contribution in [0.15, 0.2) is 48.5 Å². The number of nitriles is 1. The summed E-state index contributed by atoms with van der Waals surface area (Å²) in [6.45, 7) is 6.44. The Balaban J connectivity index is 1.66. The van der Waals surface area contributed by atoms with Crippen LogP contribution in [0.3, 0.4) is 0 Å². The van der Waals surface area contributed by atoms with Gasteiger partial charge in [0.1, 0.15) is 0 Å². The molecule has 3 rings (SSSR count). The largest absolute Gasteiger partial charge is 0.370 e. The van der Waals surface area contributed by atoms with Crippen molar-refractivity contribution in [2.75, 3.05) is 31.1 Å². The molecule has 4 heteroatoms. The van der Waals surface area contributed by atoms with Crippen LogP contribution in [0, 0.1) is 11.3 Å². The van der Waals surface area contributed by atoms with E-state index in [1.807, 2.05) is 24.3 Å². The lowest BCUT2D eigenvalue weighted by atomic mass is 10.1. The predicted molar refractivity (Wildman–Crippen MR) is 99.4 cm³/mol. The summed E-state index contributed by atoms with van der Waals surface area (Å²) in [7, 11) is 0. The summed E-state index contributed by atoms with van der Waals surface area (Å²) in [6, 6.07) is 18.6. The molecule has 1 aliphatic rings. The monoisotopic (exact) mass is 339 g/mol. The molecule has 1 unspecified atom stereocenters. The molecule has 0 aliphatic carbocycles. The maximum Gasteiger partial charge on any atom is 0.0991 e. The van der Waals surface area contributed by atoms with Gasteiger partial charge >= 0.3 is 0 Å². The summed E-state index contributed by atoms with van der Waals surface area (Å²) in [6.07, 6.45) is 1.14. The summed E-state index contributed by atoms with van der Waals surface area (Å²) in [5.74, 6) is 0. The Kier molecular flexibility index (Phi) is 5.40. The summed E-state index contributed by atoms with van der Waals surface area (Å²) < 4.78 is 0. The molecule has 0 N–H and O–H groups in total. The van der Waals surface area contributed by atoms with E-state index in [0.29, 0.717) is 11.6 Å². The first-order chi connectivity index (χ1) is 11.7. The third-order valence-electron chi connectivity index (χ3n) is 4.79. The van der Waals surface area contributed by atoms with Gasteiger partial charge in [-0.2, -0.15) is 5.26 Å². The minimum absolute atomic E-state index is 0.392. The second kappa shape index (κ2) is 7.70. The Morgan fingerprint density at radius 2 is 1.67 bits per heavy atom. The van der Waals surface area contributed by atoms with Crippen molar-refractivity contribution >= 4 is 17.3 Å². The van der Waals surface area contributed by atoms with Crippen LogP contribution in [0.1, 0.15) is 30.5 Å². The van der Waals surface area contributed by atoms with Gasteiger partial charge in [-0.25, -0.2) is 0 Å². The van der Waals surface area contributed by atoms with Gasteiger partial charge in [-0.15, -0.1) is 0 Å². The highest BCUT2D eigenvalue weighted by Crippen LogP contribution is 2.24. The van der Waals surface area contributed by atoms with Crippen molar-refractivity contribution in [3.63, 3.8) is 0 Å². The summed E-state index contributed by atoms with van der Waals surface area (Å²) in [4.78, 5) is 4.95. The highest BCUT2D eigenvalue weighted by atomic mass is 35.5. The molecular weight excluding hydrogens is 318 g/mol. The zero-order valence-corrected chi connectivity index (χ0v) is 14.7. The maximum atomic E-state index is 8.93. The summed E-state index contributed by atoms with van der Waals surface area (Å²) in [5.41, 5.74) is 3.23. The lowest BCUT2D eigenvalue weighted by molar-refractivity contribution is 0.226. The number of halogens is 1. The first-order valence-corrected chi connectivity index (χ1v) is 8.80. The van der Waals surface area contributed by atoms with Gasteiger partial charge in [0.05, 0.1) is 11.6 Å². The second-order valence-corrected chi connectivity index (χ2v) is 6.70. The van der Waals surface area contributed by atoms with Crippen LogP contribution in [0.2, 0.25) is 5.02 Å². The van der Waals surface area contributed by atoms with Crippen molar-refractivity contribution in [3.05, 3.63) is 64.7 Å². The molecule has 2 aromatic rings. The van der Waals surface area contributed by atoms with Gasteiger partial charge in [-0.05, 0) is 55.3 Å². The first-order valence-electron chi connectivity index (χ1n) is 8.42. The highest BCUT2D eigenvalue weighted by molar-refractivity contribution is 6.30. The van der Waals surface area contributed by atoms with Crippen molar-refractivity contribution in [3.8, 4) is 6.07 Å². The van der Waals surface area contributed by atoms with Crippen LogP contribution in [0.25, 0.3) is 0 Å². The van der Waals surface area contributed by atoms with Gasteiger partial charge in [-0.1, -0.05) is 23.7 Å². The quantitative estimate of drug-likeness (QED) is 0.825. The van der Waals surface area contributed by atoms with E-state index in [-0.39, 0.29) is 0 Å². The molecule has 0 spiro atoms. The van der Waals surface area contributed by atoms with Crippen molar-refractivity contribution in [1.82, 2.24) is 4.90 Å². The van der Waals surface area contributed by atoms with Crippen molar-refractivity contribution in [2.45, 2.75) is 19.4 Å². The van der Waals surface area contributed by atoms with Gasteiger partial charge < -0.3 is 4.90 Å². The second-order valence-electron chi connectivity index (χ2n) is 6.26. The number of anilines is 1. The average Bonchev–Trinajstić information content (AvgIpc) is 2.88. The number of hydrogen-bond acceptors (Lipinski definition) is 3. The van der Waals surface area contributed by atoms with Crippen LogP contribution in [-0.4, -0.2) is 31.1 Å². The number of benzene rings is 2. The van der Waals surface area contributed by atoms with Crippen molar-refractivity contribution in [1.29, 1.82) is 5.26 Å². The van der Waals surface area contributed by atoms with Crippen LogP contribution < -0.4 is 4.90 Å². The SMILES string of the molecule is CC(c1ccc(Cl)cc1)N1CCCN(c2ccc(C#N)cc2)CC1. The molecule has 0 saturated carbocycles. The zero-order valence-electron chi connectivity index (χ0n) is 14.0. The molecule has 1 atom stereocenters. The Hall–Kier alpha value is -2.02. The Bertz CT molecular complexity index is 703. The lowest BCUT2D eigenvalue weighted by Crippen LogP contribution is -2.32. The fourth-order valence-electron chi connectivity index (χ4n) is 3.28. The van der Waals surface area contributed by atoms with Crippen LogP contribution in [-0.2, 0) is 0 Å². The summed E-state index contributed by atoms with van der Waals surface area (Å²) >= 11 is 6.00. The van der Waals surface area contributed by atoms with Crippen LogP contribution >= 0.6 is 11.6 Å². The Morgan fingerprint density at radius 1 is 0.958 bits per heavy atom. The molecule has 0 radical (unpaired) electrons. The maximum absolute atomic E-state index is 8.93. The molecule has 24 heavy (non-hydrogen) atoms. The topological polar surface area (TPSA) is 30.3 Å². The Labute approximate surface area is 149 Å². The minimum atomic E-state index is 0.392. The predicted octanol–water partition coefficient (Wildman–Crippen LogP) is 4.48. The van der Waals surface area contributed by atoms with Crippen molar-refractivity contribution < 1.29 is 0 Å². The molecule has 1 saturated heterocycles. The van der Waals surface area contributed by atoms with Gasteiger partial charge in [0.25, 0.3) is 0 Å². The molecule has 1 aliphatic heterocycles. The van der Waals surface area contributed by atoms with Crippen LogP contribution in [0.4, 0.5) is 5.69 Å². The van der Waals surface area contributed by atoms with Crippen molar-refractivity contribution in [2.24, 2.45) is 0 Å². The van der Waals surface area contributed by atoms with E-state index < -0.39 is 0 Å². The molecule has 1 heterocycles. The molecule has 0 aromatic heterocycles. The minimum Gasteiger partial charge on any atom is -0.370 e. The molecule has 0 amide bonds. The molecule has 3 nitrogen and oxygen atoms in total. The van der Waals surface area contributed by atoms with Gasteiger partial charge in [0.15, 0.2) is 0 Å². The van der Waals surface area contributed by atoms with Gasteiger partial charge in [0.2, 0.25) is 0 Å². The van der Waals surface area contributed by atoms with E-state index in [4.69, 9.17) is 16.9 Å².